The van der Waals surface area contributed by atoms with Gasteiger partial charge in [-0.15, -0.1) is 0 Å². The lowest BCUT2D eigenvalue weighted by Crippen LogP contribution is -2.37. The van der Waals surface area contributed by atoms with Crippen LogP contribution in [0.25, 0.3) is 11.1 Å². The summed E-state index contributed by atoms with van der Waals surface area (Å²) in [6.07, 6.45) is 0.578. The Bertz CT molecular complexity index is 1060. The Balaban J connectivity index is 1.56. The van der Waals surface area contributed by atoms with Gasteiger partial charge in [-0.25, -0.2) is 0 Å². The molecule has 0 aliphatic carbocycles. The average molecular weight is 361 g/mol. The third-order valence-electron chi connectivity index (χ3n) is 4.60. The topological polar surface area (TPSA) is 77.0 Å². The Kier molecular flexibility index (Phi) is 4.15. The van der Waals surface area contributed by atoms with Crippen LogP contribution in [0.1, 0.15) is 27.2 Å². The number of nitriles is 1. The molecule has 0 bridgehead atoms. The van der Waals surface area contributed by atoms with Crippen molar-refractivity contribution < 1.29 is 4.79 Å². The maximum Gasteiger partial charge on any atom is 0.266 e. The Labute approximate surface area is 154 Å². The normalized spacial score (nSPS) is 13.1. The fourth-order valence-electron chi connectivity index (χ4n) is 3.18. The first-order valence-electron chi connectivity index (χ1n) is 8.23. The van der Waals surface area contributed by atoms with Crippen LogP contribution in [0.15, 0.2) is 52.0 Å². The first-order chi connectivity index (χ1) is 12.7. The van der Waals surface area contributed by atoms with Crippen molar-refractivity contribution in [3.05, 3.63) is 79.9 Å². The van der Waals surface area contributed by atoms with Crippen molar-refractivity contribution in [2.24, 2.45) is 0 Å². The summed E-state index contributed by atoms with van der Waals surface area (Å²) in [4.78, 5) is 29.1. The van der Waals surface area contributed by atoms with Crippen LogP contribution in [-0.4, -0.2) is 22.3 Å². The summed E-state index contributed by atoms with van der Waals surface area (Å²) < 4.78 is 0. The van der Waals surface area contributed by atoms with Gasteiger partial charge in [-0.3, -0.25) is 9.59 Å². The summed E-state index contributed by atoms with van der Waals surface area (Å²) in [6, 6.07) is 13.1. The predicted octanol–water partition coefficient (Wildman–Crippen LogP) is 3.17. The van der Waals surface area contributed by atoms with Gasteiger partial charge in [-0.2, -0.15) is 16.6 Å². The Morgan fingerprint density at radius 3 is 2.69 bits per heavy atom. The van der Waals surface area contributed by atoms with E-state index in [0.717, 1.165) is 22.4 Å². The molecule has 1 aliphatic heterocycles. The fraction of sp³-hybridized carbons (Fsp3) is 0.150. The molecule has 6 heteroatoms. The van der Waals surface area contributed by atoms with E-state index in [0.29, 0.717) is 25.1 Å². The third kappa shape index (κ3) is 2.93. The predicted molar refractivity (Wildman–Crippen MR) is 100.0 cm³/mol. The number of fused-ring (bicyclic) bond motifs is 1. The molecule has 5 nitrogen and oxygen atoms in total. The summed E-state index contributed by atoms with van der Waals surface area (Å²) in [6.45, 7) is 0.936. The molecule has 0 saturated carbocycles. The highest BCUT2D eigenvalue weighted by molar-refractivity contribution is 7.08. The molecule has 3 heterocycles. The summed E-state index contributed by atoms with van der Waals surface area (Å²) in [5.74, 6) is -0.0442. The molecule has 0 radical (unpaired) electrons. The minimum atomic E-state index is -0.366. The molecule has 26 heavy (non-hydrogen) atoms. The van der Waals surface area contributed by atoms with Crippen molar-refractivity contribution in [2.45, 2.75) is 13.0 Å². The van der Waals surface area contributed by atoms with Gasteiger partial charge in [0.05, 0.1) is 0 Å². The number of amides is 1. The molecular formula is C20H15N3O2S. The van der Waals surface area contributed by atoms with Gasteiger partial charge in [-0.1, -0.05) is 12.1 Å². The van der Waals surface area contributed by atoms with Gasteiger partial charge in [0.1, 0.15) is 11.6 Å². The van der Waals surface area contributed by atoms with E-state index in [4.69, 9.17) is 5.26 Å². The number of nitrogens with zero attached hydrogens (tertiary/aromatic N) is 2. The summed E-state index contributed by atoms with van der Waals surface area (Å²) >= 11 is 1.64. The monoisotopic (exact) mass is 361 g/mol. The molecule has 0 fully saturated rings. The number of rotatable bonds is 2. The van der Waals surface area contributed by atoms with E-state index in [-0.39, 0.29) is 17.0 Å². The third-order valence-corrected chi connectivity index (χ3v) is 5.29. The van der Waals surface area contributed by atoms with Gasteiger partial charge in [0.15, 0.2) is 0 Å². The smallest absolute Gasteiger partial charge is 0.266 e. The van der Waals surface area contributed by atoms with Crippen molar-refractivity contribution in [1.29, 1.82) is 5.26 Å². The number of aromatic nitrogens is 1. The second-order valence-corrected chi connectivity index (χ2v) is 6.97. The van der Waals surface area contributed by atoms with Crippen LogP contribution in [0.2, 0.25) is 0 Å². The standard InChI is InChI=1S/C20H15N3O2S/c21-10-16-9-17-11-23(7-5-18(17)22-19(16)24)20(25)14-3-1-13(2-4-14)15-6-8-26-12-15/h1-4,6,8-9,12H,5,7,11H2,(H,22,24). The van der Waals surface area contributed by atoms with Crippen molar-refractivity contribution in [3.8, 4) is 17.2 Å². The minimum Gasteiger partial charge on any atom is -0.334 e. The maximum atomic E-state index is 12.8. The fourth-order valence-corrected chi connectivity index (χ4v) is 3.85. The quantitative estimate of drug-likeness (QED) is 0.762. The van der Waals surface area contributed by atoms with Gasteiger partial charge in [-0.05, 0) is 51.7 Å². The number of hydrogen-bond acceptors (Lipinski definition) is 4. The number of nitrogens with one attached hydrogen (secondary N) is 1. The molecule has 1 amide bonds. The zero-order valence-electron chi connectivity index (χ0n) is 13.9. The molecule has 0 saturated heterocycles. The van der Waals surface area contributed by atoms with Crippen molar-refractivity contribution >= 4 is 17.2 Å². The van der Waals surface area contributed by atoms with Crippen LogP contribution in [0.5, 0.6) is 0 Å². The molecule has 2 aromatic heterocycles. The maximum absolute atomic E-state index is 12.8. The lowest BCUT2D eigenvalue weighted by molar-refractivity contribution is 0.0733. The Morgan fingerprint density at radius 1 is 1.19 bits per heavy atom. The number of pyridine rings is 1. The number of aromatic amines is 1. The molecule has 1 aliphatic rings. The average Bonchev–Trinajstić information content (AvgIpc) is 3.21. The van der Waals surface area contributed by atoms with Crippen LogP contribution in [0.4, 0.5) is 0 Å². The number of benzene rings is 1. The van der Waals surface area contributed by atoms with E-state index in [2.05, 4.69) is 16.4 Å². The Morgan fingerprint density at radius 2 is 2.00 bits per heavy atom. The molecule has 128 valence electrons. The zero-order chi connectivity index (χ0) is 18.1. The molecule has 0 spiro atoms. The molecule has 3 aromatic rings. The number of H-pyrrole nitrogens is 1. The first kappa shape index (κ1) is 16.3. The number of hydrogen-bond donors (Lipinski definition) is 1. The van der Waals surface area contributed by atoms with Gasteiger partial charge in [0.25, 0.3) is 11.5 Å². The molecule has 4 rings (SSSR count). The second kappa shape index (κ2) is 6.62. The number of carbonyl (C=O) groups excluding carboxylic acids is 1. The molecule has 1 N–H and O–H groups in total. The molecule has 1 aromatic carbocycles. The van der Waals surface area contributed by atoms with Gasteiger partial charge >= 0.3 is 0 Å². The van der Waals surface area contributed by atoms with Gasteiger partial charge < -0.3 is 9.88 Å². The lowest BCUT2D eigenvalue weighted by atomic mass is 10.0. The van der Waals surface area contributed by atoms with Crippen LogP contribution in [0, 0.1) is 11.3 Å². The molecule has 0 unspecified atom stereocenters. The Hall–Kier alpha value is -3.17. The van der Waals surface area contributed by atoms with Crippen LogP contribution in [-0.2, 0) is 13.0 Å². The van der Waals surface area contributed by atoms with Crippen LogP contribution < -0.4 is 5.56 Å². The summed E-state index contributed by atoms with van der Waals surface area (Å²) in [5, 5.41) is 13.1. The second-order valence-electron chi connectivity index (χ2n) is 6.19. The van der Waals surface area contributed by atoms with E-state index >= 15 is 0 Å². The highest BCUT2D eigenvalue weighted by Crippen LogP contribution is 2.24. The largest absolute Gasteiger partial charge is 0.334 e. The number of carbonyl (C=O) groups is 1. The van der Waals surface area contributed by atoms with Crippen LogP contribution >= 0.6 is 11.3 Å². The lowest BCUT2D eigenvalue weighted by Gasteiger charge is -2.28. The van der Waals surface area contributed by atoms with Crippen molar-refractivity contribution in [3.63, 3.8) is 0 Å². The first-order valence-corrected chi connectivity index (χ1v) is 9.17. The zero-order valence-corrected chi connectivity index (χ0v) is 14.7. The van der Waals surface area contributed by atoms with Gasteiger partial charge in [0, 0.05) is 30.8 Å². The van der Waals surface area contributed by atoms with E-state index in [1.54, 1.807) is 22.3 Å². The van der Waals surface area contributed by atoms with Gasteiger partial charge in [0.2, 0.25) is 0 Å². The van der Waals surface area contributed by atoms with Crippen LogP contribution in [0.3, 0.4) is 0 Å². The summed E-state index contributed by atoms with van der Waals surface area (Å²) in [7, 11) is 0. The SMILES string of the molecule is N#Cc1cc2c([nH]c1=O)CCN(C(=O)c1ccc(-c3ccsc3)cc1)C2. The van der Waals surface area contributed by atoms with E-state index in [1.807, 2.05) is 35.7 Å². The minimum absolute atomic E-state index is 0.0442. The molecule has 0 atom stereocenters. The van der Waals surface area contributed by atoms with E-state index < -0.39 is 0 Å². The van der Waals surface area contributed by atoms with E-state index in [9.17, 15) is 9.59 Å². The highest BCUT2D eigenvalue weighted by Gasteiger charge is 2.23. The summed E-state index contributed by atoms with van der Waals surface area (Å²) in [5.41, 5.74) is 4.23. The van der Waals surface area contributed by atoms with Crippen molar-refractivity contribution in [1.82, 2.24) is 9.88 Å². The molecular weight excluding hydrogens is 346 g/mol. The number of thiophene rings is 1. The highest BCUT2D eigenvalue weighted by atomic mass is 32.1. The van der Waals surface area contributed by atoms with E-state index in [1.165, 1.54) is 0 Å². The van der Waals surface area contributed by atoms with Crippen molar-refractivity contribution in [2.75, 3.05) is 6.54 Å².